The van der Waals surface area contributed by atoms with Crippen LogP contribution in [0.15, 0.2) is 24.3 Å². The van der Waals surface area contributed by atoms with E-state index in [1.54, 1.807) is 17.7 Å². The average Bonchev–Trinajstić information content (AvgIpc) is 2.65. The molecule has 1 aromatic carbocycles. The molecule has 6 heteroatoms. The molecule has 0 aliphatic heterocycles. The first kappa shape index (κ1) is 13.5. The molecule has 1 heterocycles. The van der Waals surface area contributed by atoms with Crippen molar-refractivity contribution in [1.29, 1.82) is 0 Å². The Morgan fingerprint density at radius 3 is 2.42 bits per heavy atom. The maximum absolute atomic E-state index is 13.0. The summed E-state index contributed by atoms with van der Waals surface area (Å²) in [6, 6.07) is 5.33. The first-order valence-corrected chi connectivity index (χ1v) is 5.84. The highest BCUT2D eigenvalue weighted by Gasteiger charge is 2.34. The van der Waals surface area contributed by atoms with E-state index in [4.69, 9.17) is 5.73 Å². The third-order valence-corrected chi connectivity index (χ3v) is 3.04. The molecule has 0 aliphatic rings. The van der Waals surface area contributed by atoms with Crippen molar-refractivity contribution in [2.24, 2.45) is 7.05 Å². The Bertz CT molecular complexity index is 600. The molecule has 0 bridgehead atoms. The van der Waals surface area contributed by atoms with Crippen molar-refractivity contribution in [2.75, 3.05) is 5.73 Å². The Balaban J connectivity index is 2.66. The van der Waals surface area contributed by atoms with Gasteiger partial charge in [0.25, 0.3) is 0 Å². The molecule has 3 nitrogen and oxygen atoms in total. The van der Waals surface area contributed by atoms with Crippen LogP contribution >= 0.6 is 0 Å². The number of anilines is 1. The molecule has 0 atom stereocenters. The van der Waals surface area contributed by atoms with Crippen LogP contribution in [-0.4, -0.2) is 9.55 Å². The molecule has 2 aromatic rings. The zero-order valence-electron chi connectivity index (χ0n) is 10.6. The van der Waals surface area contributed by atoms with Gasteiger partial charge in [0, 0.05) is 19.0 Å². The Morgan fingerprint density at radius 2 is 1.89 bits per heavy atom. The SMILES string of the molecule is CCc1nc(-c2ccccc2C(F)(F)F)c(N)n1C. The maximum Gasteiger partial charge on any atom is 0.417 e. The molecule has 0 spiro atoms. The lowest BCUT2D eigenvalue weighted by Gasteiger charge is -2.11. The van der Waals surface area contributed by atoms with Crippen LogP contribution in [0.4, 0.5) is 19.0 Å². The fourth-order valence-electron chi connectivity index (χ4n) is 2.01. The molecule has 0 amide bonds. The van der Waals surface area contributed by atoms with Crippen molar-refractivity contribution in [1.82, 2.24) is 9.55 Å². The first-order valence-electron chi connectivity index (χ1n) is 5.84. The van der Waals surface area contributed by atoms with Gasteiger partial charge in [0.1, 0.15) is 17.3 Å². The van der Waals surface area contributed by atoms with Crippen LogP contribution < -0.4 is 5.73 Å². The van der Waals surface area contributed by atoms with E-state index in [0.717, 1.165) is 6.07 Å². The van der Waals surface area contributed by atoms with Gasteiger partial charge in [-0.2, -0.15) is 13.2 Å². The predicted molar refractivity (Wildman–Crippen MR) is 67.4 cm³/mol. The summed E-state index contributed by atoms with van der Waals surface area (Å²) in [5.74, 6) is 0.901. The van der Waals surface area contributed by atoms with Gasteiger partial charge in [0.2, 0.25) is 0 Å². The van der Waals surface area contributed by atoms with E-state index in [1.807, 2.05) is 6.92 Å². The lowest BCUT2D eigenvalue weighted by Crippen LogP contribution is -2.07. The quantitative estimate of drug-likeness (QED) is 0.909. The number of hydrogen-bond donors (Lipinski definition) is 1. The molecule has 0 aliphatic carbocycles. The predicted octanol–water partition coefficient (Wildman–Crippen LogP) is 3.25. The number of aryl methyl sites for hydroxylation is 1. The Kier molecular flexibility index (Phi) is 3.26. The van der Waals surface area contributed by atoms with Crippen LogP contribution in [0.1, 0.15) is 18.3 Å². The second-order valence-electron chi connectivity index (χ2n) is 4.22. The molecule has 0 fully saturated rings. The topological polar surface area (TPSA) is 43.8 Å². The van der Waals surface area contributed by atoms with Crippen LogP contribution in [0.3, 0.4) is 0 Å². The van der Waals surface area contributed by atoms with Crippen LogP contribution in [0.2, 0.25) is 0 Å². The van der Waals surface area contributed by atoms with Crippen molar-refractivity contribution in [3.05, 3.63) is 35.7 Å². The second kappa shape index (κ2) is 4.60. The molecule has 2 rings (SSSR count). The Labute approximate surface area is 108 Å². The summed E-state index contributed by atoms with van der Waals surface area (Å²) in [5, 5.41) is 0. The van der Waals surface area contributed by atoms with E-state index in [0.29, 0.717) is 12.2 Å². The molecular weight excluding hydrogens is 255 g/mol. The number of imidazole rings is 1. The third-order valence-electron chi connectivity index (χ3n) is 3.04. The van der Waals surface area contributed by atoms with Crippen molar-refractivity contribution in [2.45, 2.75) is 19.5 Å². The number of nitrogens with two attached hydrogens (primary N) is 1. The van der Waals surface area contributed by atoms with E-state index in [9.17, 15) is 13.2 Å². The minimum atomic E-state index is -4.42. The monoisotopic (exact) mass is 269 g/mol. The van der Waals surface area contributed by atoms with Crippen molar-refractivity contribution < 1.29 is 13.2 Å². The largest absolute Gasteiger partial charge is 0.417 e. The smallest absolute Gasteiger partial charge is 0.383 e. The van der Waals surface area contributed by atoms with E-state index in [-0.39, 0.29) is 17.1 Å². The van der Waals surface area contributed by atoms with E-state index >= 15 is 0 Å². The van der Waals surface area contributed by atoms with Crippen molar-refractivity contribution >= 4 is 5.82 Å². The molecule has 0 radical (unpaired) electrons. The molecule has 2 N–H and O–H groups in total. The summed E-state index contributed by atoms with van der Waals surface area (Å²) in [7, 11) is 1.70. The van der Waals surface area contributed by atoms with Crippen molar-refractivity contribution in [3.63, 3.8) is 0 Å². The van der Waals surface area contributed by atoms with Gasteiger partial charge in [-0.05, 0) is 6.07 Å². The fraction of sp³-hybridized carbons (Fsp3) is 0.308. The highest BCUT2D eigenvalue weighted by molar-refractivity contribution is 5.74. The Hall–Kier alpha value is -1.98. The molecule has 0 saturated heterocycles. The maximum atomic E-state index is 13.0. The van der Waals surface area contributed by atoms with Gasteiger partial charge in [-0.15, -0.1) is 0 Å². The minimum absolute atomic E-state index is 0.0165. The summed E-state index contributed by atoms with van der Waals surface area (Å²) in [6.45, 7) is 1.88. The number of halogens is 3. The first-order chi connectivity index (χ1) is 8.86. The minimum Gasteiger partial charge on any atom is -0.383 e. The number of alkyl halides is 3. The molecular formula is C13H14F3N3. The number of rotatable bonds is 2. The Morgan fingerprint density at radius 1 is 1.26 bits per heavy atom. The van der Waals surface area contributed by atoms with E-state index in [1.165, 1.54) is 12.1 Å². The van der Waals surface area contributed by atoms with Crippen LogP contribution in [-0.2, 0) is 19.6 Å². The summed E-state index contributed by atoms with van der Waals surface area (Å²) in [6.07, 6.45) is -3.82. The third kappa shape index (κ3) is 2.30. The molecule has 0 unspecified atom stereocenters. The number of aromatic nitrogens is 2. The van der Waals surface area contributed by atoms with Gasteiger partial charge < -0.3 is 10.3 Å². The summed E-state index contributed by atoms with van der Waals surface area (Å²) in [5.41, 5.74) is 5.34. The number of nitrogen functional groups attached to an aromatic ring is 1. The summed E-state index contributed by atoms with van der Waals surface area (Å²) < 4.78 is 40.6. The molecule has 19 heavy (non-hydrogen) atoms. The molecule has 1 aromatic heterocycles. The molecule has 0 saturated carbocycles. The fourth-order valence-corrected chi connectivity index (χ4v) is 2.01. The average molecular weight is 269 g/mol. The zero-order valence-corrected chi connectivity index (χ0v) is 10.6. The van der Waals surface area contributed by atoms with Crippen LogP contribution in [0, 0.1) is 0 Å². The molecule has 102 valence electrons. The number of benzene rings is 1. The highest BCUT2D eigenvalue weighted by Crippen LogP contribution is 2.38. The van der Waals surface area contributed by atoms with E-state index in [2.05, 4.69) is 4.98 Å². The summed E-state index contributed by atoms with van der Waals surface area (Å²) >= 11 is 0. The van der Waals surface area contributed by atoms with Gasteiger partial charge in [0.15, 0.2) is 0 Å². The van der Waals surface area contributed by atoms with Gasteiger partial charge in [-0.1, -0.05) is 25.1 Å². The number of hydrogen-bond acceptors (Lipinski definition) is 2. The lowest BCUT2D eigenvalue weighted by atomic mass is 10.0. The van der Waals surface area contributed by atoms with Gasteiger partial charge in [-0.3, -0.25) is 0 Å². The standard InChI is InChI=1S/C13H14F3N3/c1-3-10-18-11(12(17)19(10)2)8-6-4-5-7-9(8)13(14,15)16/h4-7H,3,17H2,1-2H3. The summed E-state index contributed by atoms with van der Waals surface area (Å²) in [4.78, 5) is 4.21. The van der Waals surface area contributed by atoms with E-state index < -0.39 is 11.7 Å². The normalized spacial score (nSPS) is 11.8. The highest BCUT2D eigenvalue weighted by atomic mass is 19.4. The van der Waals surface area contributed by atoms with Crippen LogP contribution in [0.25, 0.3) is 11.3 Å². The van der Waals surface area contributed by atoms with Gasteiger partial charge >= 0.3 is 6.18 Å². The van der Waals surface area contributed by atoms with Crippen LogP contribution in [0.5, 0.6) is 0 Å². The van der Waals surface area contributed by atoms with Gasteiger partial charge in [0.05, 0.1) is 5.56 Å². The van der Waals surface area contributed by atoms with Gasteiger partial charge in [-0.25, -0.2) is 4.98 Å². The van der Waals surface area contributed by atoms with Crippen molar-refractivity contribution in [3.8, 4) is 11.3 Å². The number of nitrogens with zero attached hydrogens (tertiary/aromatic N) is 2. The second-order valence-corrected chi connectivity index (χ2v) is 4.22. The zero-order chi connectivity index (χ0) is 14.2. The lowest BCUT2D eigenvalue weighted by molar-refractivity contribution is -0.137.